The van der Waals surface area contributed by atoms with Crippen molar-refractivity contribution >= 4 is 34.7 Å². The highest BCUT2D eigenvalue weighted by molar-refractivity contribution is 7.99. The van der Waals surface area contributed by atoms with Gasteiger partial charge in [-0.1, -0.05) is 26.0 Å². The summed E-state index contributed by atoms with van der Waals surface area (Å²) < 4.78 is 0. The Kier molecular flexibility index (Phi) is 6.74. The second-order valence-corrected chi connectivity index (χ2v) is 9.05. The molecule has 4 rings (SSSR count). The van der Waals surface area contributed by atoms with Crippen LogP contribution in [-0.4, -0.2) is 43.7 Å². The van der Waals surface area contributed by atoms with Gasteiger partial charge < -0.3 is 15.4 Å². The van der Waals surface area contributed by atoms with Crippen molar-refractivity contribution in [3.05, 3.63) is 78.1 Å². The first-order valence-electron chi connectivity index (χ1n) is 10.6. The number of carbonyl (C=O) groups excluding carboxylic acids is 1. The monoisotopic (exact) mass is 460 g/mol. The lowest BCUT2D eigenvalue weighted by atomic mass is 10.0. The number of pyridine rings is 1. The smallest absolute Gasteiger partial charge is 0.327 e. The van der Waals surface area contributed by atoms with Crippen LogP contribution in [0.4, 0.5) is 0 Å². The molecule has 4 aromatic rings. The van der Waals surface area contributed by atoms with Gasteiger partial charge >= 0.3 is 5.97 Å². The van der Waals surface area contributed by atoms with E-state index < -0.39 is 17.9 Å². The van der Waals surface area contributed by atoms with Crippen LogP contribution in [-0.2, 0) is 4.79 Å². The fraction of sp³-hybridized carbons (Fsp3) is 0.200. The lowest BCUT2D eigenvalue weighted by molar-refractivity contribution is -0.138. The normalized spacial score (nSPS) is 12.1. The van der Waals surface area contributed by atoms with Crippen LogP contribution in [0.15, 0.2) is 71.9 Å². The van der Waals surface area contributed by atoms with E-state index in [1.165, 1.54) is 17.3 Å². The molecule has 168 valence electrons. The van der Waals surface area contributed by atoms with Gasteiger partial charge in [0.2, 0.25) is 0 Å². The molecule has 8 heteroatoms. The van der Waals surface area contributed by atoms with Crippen LogP contribution >= 0.6 is 11.8 Å². The molecule has 0 radical (unpaired) electrons. The number of aromatic amines is 1. The number of imidazole rings is 1. The fourth-order valence-corrected chi connectivity index (χ4v) is 4.26. The topological polar surface area (TPSA) is 108 Å². The van der Waals surface area contributed by atoms with Gasteiger partial charge in [0, 0.05) is 34.2 Å². The Balaban J connectivity index is 1.45. The second kappa shape index (κ2) is 9.87. The van der Waals surface area contributed by atoms with Crippen molar-refractivity contribution in [1.82, 2.24) is 20.3 Å². The summed E-state index contributed by atoms with van der Waals surface area (Å²) in [5.41, 5.74) is 3.89. The maximum absolute atomic E-state index is 12.8. The van der Waals surface area contributed by atoms with Crippen molar-refractivity contribution in [2.24, 2.45) is 0 Å². The number of aliphatic carboxylic acids is 1. The number of rotatable bonds is 8. The van der Waals surface area contributed by atoms with Crippen LogP contribution in [0.1, 0.15) is 35.7 Å². The number of nitrogens with one attached hydrogen (secondary N) is 2. The number of carboxylic acid groups (broad SMARTS) is 1. The van der Waals surface area contributed by atoms with Crippen molar-refractivity contribution in [3.8, 4) is 11.4 Å². The number of benzene rings is 2. The van der Waals surface area contributed by atoms with Crippen molar-refractivity contribution in [2.75, 3.05) is 5.75 Å². The predicted molar refractivity (Wildman–Crippen MR) is 129 cm³/mol. The van der Waals surface area contributed by atoms with Gasteiger partial charge in [-0.25, -0.2) is 9.78 Å². The van der Waals surface area contributed by atoms with E-state index in [1.807, 2.05) is 36.4 Å². The average Bonchev–Trinajstić information content (AvgIpc) is 3.25. The molecule has 0 unspecified atom stereocenters. The number of thioether (sulfide) groups is 1. The maximum Gasteiger partial charge on any atom is 0.327 e. The van der Waals surface area contributed by atoms with Gasteiger partial charge in [0.1, 0.15) is 11.9 Å². The quantitative estimate of drug-likeness (QED) is 0.328. The van der Waals surface area contributed by atoms with Gasteiger partial charge in [-0.05, 0) is 53.9 Å². The SMILES string of the molecule is CC(C)c1ccc(SC[C@H](NC(=O)c2ccc3nc(-c4ccncc4)[nH]c3c2)C(=O)O)cc1. The molecule has 33 heavy (non-hydrogen) atoms. The third-order valence-electron chi connectivity index (χ3n) is 5.26. The van der Waals surface area contributed by atoms with Gasteiger partial charge in [0.15, 0.2) is 0 Å². The summed E-state index contributed by atoms with van der Waals surface area (Å²) >= 11 is 1.40. The highest BCUT2D eigenvalue weighted by atomic mass is 32.2. The maximum atomic E-state index is 12.8. The van der Waals surface area contributed by atoms with E-state index in [0.717, 1.165) is 10.5 Å². The molecule has 2 aromatic carbocycles. The van der Waals surface area contributed by atoms with Crippen molar-refractivity contribution < 1.29 is 14.7 Å². The molecule has 3 N–H and O–H groups in total. The van der Waals surface area contributed by atoms with Crippen molar-refractivity contribution in [1.29, 1.82) is 0 Å². The molecule has 0 spiro atoms. The minimum absolute atomic E-state index is 0.223. The third-order valence-corrected chi connectivity index (χ3v) is 6.37. The number of fused-ring (bicyclic) bond motifs is 1. The van der Waals surface area contributed by atoms with Crippen LogP contribution in [0.3, 0.4) is 0 Å². The predicted octanol–water partition coefficient (Wildman–Crippen LogP) is 4.72. The number of carboxylic acids is 1. The number of carbonyl (C=O) groups is 2. The number of hydrogen-bond acceptors (Lipinski definition) is 5. The van der Waals surface area contributed by atoms with E-state index in [0.29, 0.717) is 28.3 Å². The molecular weight excluding hydrogens is 436 g/mol. The first kappa shape index (κ1) is 22.5. The highest BCUT2D eigenvalue weighted by Gasteiger charge is 2.21. The zero-order valence-corrected chi connectivity index (χ0v) is 19.1. The molecule has 0 saturated heterocycles. The minimum atomic E-state index is -1.07. The zero-order valence-electron chi connectivity index (χ0n) is 18.3. The lowest BCUT2D eigenvalue weighted by Gasteiger charge is -2.15. The number of hydrogen-bond donors (Lipinski definition) is 3. The first-order chi connectivity index (χ1) is 15.9. The molecule has 1 amide bonds. The zero-order chi connectivity index (χ0) is 23.4. The molecule has 2 aromatic heterocycles. The Labute approximate surface area is 195 Å². The second-order valence-electron chi connectivity index (χ2n) is 7.95. The Morgan fingerprint density at radius 1 is 1.06 bits per heavy atom. The summed E-state index contributed by atoms with van der Waals surface area (Å²) in [5.74, 6) is -0.186. The summed E-state index contributed by atoms with van der Waals surface area (Å²) in [7, 11) is 0. The van der Waals surface area contributed by atoms with Crippen LogP contribution in [0.5, 0.6) is 0 Å². The molecule has 7 nitrogen and oxygen atoms in total. The summed E-state index contributed by atoms with van der Waals surface area (Å²) in [6.45, 7) is 4.25. The lowest BCUT2D eigenvalue weighted by Crippen LogP contribution is -2.42. The van der Waals surface area contributed by atoms with Gasteiger partial charge in [0.25, 0.3) is 5.91 Å². The van der Waals surface area contributed by atoms with Gasteiger partial charge in [0.05, 0.1) is 11.0 Å². The van der Waals surface area contributed by atoms with E-state index in [1.54, 1.807) is 30.6 Å². The van der Waals surface area contributed by atoms with Crippen LogP contribution in [0.25, 0.3) is 22.4 Å². The molecule has 2 heterocycles. The summed E-state index contributed by atoms with van der Waals surface area (Å²) in [5, 5.41) is 12.2. The molecule has 0 aliphatic rings. The molecular formula is C25H24N4O3S. The molecule has 0 fully saturated rings. The summed E-state index contributed by atoms with van der Waals surface area (Å²) in [4.78, 5) is 37.2. The van der Waals surface area contributed by atoms with Gasteiger partial charge in [-0.15, -0.1) is 11.8 Å². The Morgan fingerprint density at radius 3 is 2.45 bits per heavy atom. The molecule has 1 atom stereocenters. The van der Waals surface area contributed by atoms with E-state index in [4.69, 9.17) is 0 Å². The van der Waals surface area contributed by atoms with Gasteiger partial charge in [-0.3, -0.25) is 9.78 Å². The minimum Gasteiger partial charge on any atom is -0.480 e. The molecule has 0 bridgehead atoms. The number of aromatic nitrogens is 3. The highest BCUT2D eigenvalue weighted by Crippen LogP contribution is 2.23. The Hall–Kier alpha value is -3.65. The van der Waals surface area contributed by atoms with E-state index in [-0.39, 0.29) is 5.75 Å². The fourth-order valence-electron chi connectivity index (χ4n) is 3.34. The summed E-state index contributed by atoms with van der Waals surface area (Å²) in [6, 6.07) is 15.8. The van der Waals surface area contributed by atoms with Crippen LogP contribution in [0.2, 0.25) is 0 Å². The van der Waals surface area contributed by atoms with Crippen molar-refractivity contribution in [2.45, 2.75) is 30.7 Å². The van der Waals surface area contributed by atoms with Crippen LogP contribution in [0, 0.1) is 0 Å². The largest absolute Gasteiger partial charge is 0.480 e. The van der Waals surface area contributed by atoms with E-state index >= 15 is 0 Å². The Morgan fingerprint density at radius 2 is 1.79 bits per heavy atom. The van der Waals surface area contributed by atoms with E-state index in [9.17, 15) is 14.7 Å². The Bertz CT molecular complexity index is 1270. The average molecular weight is 461 g/mol. The van der Waals surface area contributed by atoms with E-state index in [2.05, 4.69) is 34.1 Å². The third kappa shape index (κ3) is 5.40. The standard InChI is InChI=1S/C25H24N4O3S/c1-15(2)16-3-6-19(7-4-16)33-14-22(25(31)32)29-24(30)18-5-8-20-21(13-18)28-23(27-20)17-9-11-26-12-10-17/h3-13,15,22H,14H2,1-2H3,(H,27,28)(H,29,30)(H,31,32)/t22-/m0/s1. The number of nitrogens with zero attached hydrogens (tertiary/aromatic N) is 2. The summed E-state index contributed by atoms with van der Waals surface area (Å²) in [6.07, 6.45) is 3.37. The number of H-pyrrole nitrogens is 1. The van der Waals surface area contributed by atoms with Gasteiger partial charge in [-0.2, -0.15) is 0 Å². The molecule has 0 saturated carbocycles. The molecule has 0 aliphatic heterocycles. The van der Waals surface area contributed by atoms with Crippen molar-refractivity contribution in [3.63, 3.8) is 0 Å². The molecule has 0 aliphatic carbocycles. The number of amides is 1. The first-order valence-corrected chi connectivity index (χ1v) is 11.6. The van der Waals surface area contributed by atoms with Crippen LogP contribution < -0.4 is 5.32 Å².